The molecule has 2 rings (SSSR count). The molecule has 5 nitrogen and oxygen atoms in total. The molecule has 0 aliphatic carbocycles. The van der Waals surface area contributed by atoms with Gasteiger partial charge in [0.15, 0.2) is 0 Å². The number of anilines is 1. The molecule has 1 amide bonds. The van der Waals surface area contributed by atoms with Gasteiger partial charge >= 0.3 is 0 Å². The van der Waals surface area contributed by atoms with Crippen molar-refractivity contribution in [2.45, 2.75) is 26.4 Å². The number of hydrogen-bond donors (Lipinski definition) is 2. The van der Waals surface area contributed by atoms with E-state index in [2.05, 4.69) is 15.6 Å². The molecule has 0 unspecified atom stereocenters. The van der Waals surface area contributed by atoms with E-state index in [0.717, 1.165) is 17.0 Å². The number of pyridine rings is 1. The van der Waals surface area contributed by atoms with Gasteiger partial charge in [0.05, 0.1) is 18.4 Å². The van der Waals surface area contributed by atoms with Crippen LogP contribution in [0.25, 0.3) is 0 Å². The number of carbonyl (C=O) groups excluding carboxylic acids is 1. The van der Waals surface area contributed by atoms with Gasteiger partial charge in [-0.15, -0.1) is 0 Å². The molecule has 2 N–H and O–H groups in total. The third-order valence-electron chi connectivity index (χ3n) is 3.10. The van der Waals surface area contributed by atoms with Gasteiger partial charge < -0.3 is 15.4 Å². The van der Waals surface area contributed by atoms with Crippen molar-refractivity contribution in [1.29, 1.82) is 0 Å². The van der Waals surface area contributed by atoms with E-state index in [9.17, 15) is 4.79 Å². The number of methoxy groups -OCH3 is 1. The summed E-state index contributed by atoms with van der Waals surface area (Å²) in [6.07, 6.45) is 3.26. The molecule has 0 radical (unpaired) electrons. The average molecular weight is 299 g/mol. The zero-order chi connectivity index (χ0) is 15.9. The van der Waals surface area contributed by atoms with Crippen molar-refractivity contribution < 1.29 is 9.53 Å². The molecule has 0 spiro atoms. The number of hydrogen-bond acceptors (Lipinski definition) is 4. The quantitative estimate of drug-likeness (QED) is 0.861. The molecule has 2 aromatic rings. The molecule has 22 heavy (non-hydrogen) atoms. The van der Waals surface area contributed by atoms with Crippen LogP contribution in [0.4, 0.5) is 5.69 Å². The Morgan fingerprint density at radius 2 is 2.05 bits per heavy atom. The summed E-state index contributed by atoms with van der Waals surface area (Å²) in [5.74, 6) is 0.708. The lowest BCUT2D eigenvalue weighted by Gasteiger charge is -2.12. The zero-order valence-corrected chi connectivity index (χ0v) is 13.1. The van der Waals surface area contributed by atoms with Crippen molar-refractivity contribution in [3.63, 3.8) is 0 Å². The molecule has 1 aromatic heterocycles. The van der Waals surface area contributed by atoms with Crippen molar-refractivity contribution in [3.8, 4) is 5.75 Å². The Balaban J connectivity index is 2.06. The van der Waals surface area contributed by atoms with Crippen LogP contribution in [0.2, 0.25) is 0 Å². The first-order valence-corrected chi connectivity index (χ1v) is 7.22. The number of nitrogens with zero attached hydrogens (tertiary/aromatic N) is 1. The van der Waals surface area contributed by atoms with Crippen molar-refractivity contribution in [2.24, 2.45) is 0 Å². The Kier molecular flexibility index (Phi) is 5.36. The maximum absolute atomic E-state index is 12.0. The largest absolute Gasteiger partial charge is 0.496 e. The number of aromatic nitrogens is 1. The first-order chi connectivity index (χ1) is 10.6. The number of benzene rings is 1. The number of rotatable bonds is 6. The van der Waals surface area contributed by atoms with E-state index in [-0.39, 0.29) is 11.9 Å². The van der Waals surface area contributed by atoms with Crippen LogP contribution in [-0.4, -0.2) is 24.0 Å². The van der Waals surface area contributed by atoms with Gasteiger partial charge in [0.2, 0.25) is 0 Å². The summed E-state index contributed by atoms with van der Waals surface area (Å²) in [4.78, 5) is 16.1. The minimum atomic E-state index is -0.122. The fourth-order valence-corrected chi connectivity index (χ4v) is 2.05. The third kappa shape index (κ3) is 4.22. The normalized spacial score (nSPS) is 10.4. The summed E-state index contributed by atoms with van der Waals surface area (Å²) in [7, 11) is 1.65. The lowest BCUT2D eigenvalue weighted by Crippen LogP contribution is -2.30. The maximum Gasteiger partial charge on any atom is 0.253 e. The SMILES string of the molecule is COc1ccccc1CNc1cncc(C(=O)NC(C)C)c1. The third-order valence-corrected chi connectivity index (χ3v) is 3.10. The van der Waals surface area contributed by atoms with E-state index in [1.807, 2.05) is 38.1 Å². The second-order valence-electron chi connectivity index (χ2n) is 5.26. The molecule has 0 fully saturated rings. The Morgan fingerprint density at radius 3 is 2.77 bits per heavy atom. The van der Waals surface area contributed by atoms with E-state index >= 15 is 0 Å². The Bertz CT molecular complexity index is 641. The topological polar surface area (TPSA) is 63.2 Å². The fourth-order valence-electron chi connectivity index (χ4n) is 2.05. The molecule has 116 valence electrons. The summed E-state index contributed by atoms with van der Waals surface area (Å²) in [6, 6.07) is 9.69. The highest BCUT2D eigenvalue weighted by molar-refractivity contribution is 5.94. The molecule has 0 saturated carbocycles. The molecule has 0 saturated heterocycles. The van der Waals surface area contributed by atoms with Gasteiger partial charge in [0, 0.05) is 30.5 Å². The molecule has 5 heteroatoms. The van der Waals surface area contributed by atoms with Crippen LogP contribution in [0.1, 0.15) is 29.8 Å². The first-order valence-electron chi connectivity index (χ1n) is 7.22. The summed E-state index contributed by atoms with van der Waals surface area (Å²) in [5, 5.41) is 6.11. The molecule has 0 bridgehead atoms. The van der Waals surface area contributed by atoms with E-state index < -0.39 is 0 Å². The van der Waals surface area contributed by atoms with Crippen molar-refractivity contribution >= 4 is 11.6 Å². The van der Waals surface area contributed by atoms with Crippen molar-refractivity contribution in [2.75, 3.05) is 12.4 Å². The monoisotopic (exact) mass is 299 g/mol. The number of ether oxygens (including phenoxy) is 1. The molecule has 0 aliphatic rings. The van der Waals surface area contributed by atoms with Gasteiger partial charge in [-0.05, 0) is 26.0 Å². The molecular weight excluding hydrogens is 278 g/mol. The Morgan fingerprint density at radius 1 is 1.27 bits per heavy atom. The van der Waals surface area contributed by atoms with E-state index in [1.165, 1.54) is 0 Å². The second kappa shape index (κ2) is 7.45. The molecule has 1 aromatic carbocycles. The minimum Gasteiger partial charge on any atom is -0.496 e. The second-order valence-corrected chi connectivity index (χ2v) is 5.26. The number of nitrogens with one attached hydrogen (secondary N) is 2. The van der Waals surface area contributed by atoms with Crippen LogP contribution in [0.15, 0.2) is 42.7 Å². The van der Waals surface area contributed by atoms with Gasteiger partial charge in [-0.1, -0.05) is 18.2 Å². The highest BCUT2D eigenvalue weighted by Gasteiger charge is 2.08. The summed E-state index contributed by atoms with van der Waals surface area (Å²) < 4.78 is 5.32. The average Bonchev–Trinajstić information content (AvgIpc) is 2.53. The van der Waals surface area contributed by atoms with Crippen LogP contribution in [-0.2, 0) is 6.54 Å². The number of amides is 1. The first kappa shape index (κ1) is 15.8. The smallest absolute Gasteiger partial charge is 0.253 e. The molecule has 0 atom stereocenters. The Labute approximate surface area is 130 Å². The maximum atomic E-state index is 12.0. The zero-order valence-electron chi connectivity index (χ0n) is 13.1. The molecule has 0 aliphatic heterocycles. The highest BCUT2D eigenvalue weighted by atomic mass is 16.5. The van der Waals surface area contributed by atoms with Crippen molar-refractivity contribution in [1.82, 2.24) is 10.3 Å². The van der Waals surface area contributed by atoms with Gasteiger partial charge in [-0.25, -0.2) is 0 Å². The predicted octanol–water partition coefficient (Wildman–Crippen LogP) is 2.84. The van der Waals surface area contributed by atoms with Crippen LogP contribution < -0.4 is 15.4 Å². The Hall–Kier alpha value is -2.56. The lowest BCUT2D eigenvalue weighted by atomic mass is 10.2. The van der Waals surface area contributed by atoms with Crippen molar-refractivity contribution in [3.05, 3.63) is 53.9 Å². The highest BCUT2D eigenvalue weighted by Crippen LogP contribution is 2.19. The van der Waals surface area contributed by atoms with E-state index in [4.69, 9.17) is 4.74 Å². The number of para-hydroxylation sites is 1. The van der Waals surface area contributed by atoms with Gasteiger partial charge in [0.25, 0.3) is 5.91 Å². The van der Waals surface area contributed by atoms with Crippen LogP contribution in [0.5, 0.6) is 5.75 Å². The molecular formula is C17H21N3O2. The fraction of sp³-hybridized carbons (Fsp3) is 0.294. The van der Waals surface area contributed by atoms with Gasteiger partial charge in [0.1, 0.15) is 5.75 Å². The summed E-state index contributed by atoms with van der Waals surface area (Å²) in [5.41, 5.74) is 2.38. The summed E-state index contributed by atoms with van der Waals surface area (Å²) >= 11 is 0. The van der Waals surface area contributed by atoms with Gasteiger partial charge in [-0.3, -0.25) is 9.78 Å². The van der Waals surface area contributed by atoms with E-state index in [0.29, 0.717) is 12.1 Å². The summed E-state index contributed by atoms with van der Waals surface area (Å²) in [6.45, 7) is 4.45. The van der Waals surface area contributed by atoms with Crippen LogP contribution in [0.3, 0.4) is 0 Å². The van der Waals surface area contributed by atoms with Gasteiger partial charge in [-0.2, -0.15) is 0 Å². The van der Waals surface area contributed by atoms with Crippen LogP contribution in [0, 0.1) is 0 Å². The van der Waals surface area contributed by atoms with Crippen LogP contribution >= 0.6 is 0 Å². The minimum absolute atomic E-state index is 0.0951. The van der Waals surface area contributed by atoms with E-state index in [1.54, 1.807) is 25.6 Å². The standard InChI is InChI=1S/C17H21N3O2/c1-12(2)20-17(21)14-8-15(11-18-9-14)19-10-13-6-4-5-7-16(13)22-3/h4-9,11-12,19H,10H2,1-3H3,(H,20,21). The molecule has 1 heterocycles. The lowest BCUT2D eigenvalue weighted by molar-refractivity contribution is 0.0943. The predicted molar refractivity (Wildman–Crippen MR) is 87.2 cm³/mol. The number of carbonyl (C=O) groups is 1.